The summed E-state index contributed by atoms with van der Waals surface area (Å²) in [6, 6.07) is 11.9. The molecule has 2 aliphatic heterocycles. The molecular formula is C36H42Cl2N10O2. The van der Waals surface area contributed by atoms with Crippen molar-refractivity contribution in [3.8, 4) is 33.6 Å². The molecule has 6 rings (SSSR count). The summed E-state index contributed by atoms with van der Waals surface area (Å²) < 4.78 is 0. The van der Waals surface area contributed by atoms with E-state index in [9.17, 15) is 9.59 Å². The first-order valence-corrected chi connectivity index (χ1v) is 17.5. The highest BCUT2D eigenvalue weighted by Gasteiger charge is 2.24. The van der Waals surface area contributed by atoms with Crippen molar-refractivity contribution in [2.24, 2.45) is 0 Å². The summed E-state index contributed by atoms with van der Waals surface area (Å²) in [6.45, 7) is 2.61. The molecule has 0 aliphatic carbocycles. The molecule has 2 aliphatic rings. The number of carbonyl (C=O) groups excluding carboxylic acids is 2. The molecule has 14 heteroatoms. The van der Waals surface area contributed by atoms with Gasteiger partial charge in [0.25, 0.3) is 0 Å². The molecule has 4 N–H and O–H groups in total. The minimum Gasteiger partial charge on any atom is -0.372 e. The maximum atomic E-state index is 11.6. The fourth-order valence-corrected chi connectivity index (χ4v) is 7.27. The van der Waals surface area contributed by atoms with Gasteiger partial charge in [-0.1, -0.05) is 59.6 Å². The highest BCUT2D eigenvalue weighted by molar-refractivity contribution is 6.39. The second kappa shape index (κ2) is 15.7. The van der Waals surface area contributed by atoms with Crippen LogP contribution in [-0.2, 0) is 22.7 Å². The average Bonchev–Trinajstić information content (AvgIpc) is 3.71. The highest BCUT2D eigenvalue weighted by Crippen LogP contribution is 2.42. The van der Waals surface area contributed by atoms with E-state index in [-0.39, 0.29) is 23.9 Å². The monoisotopic (exact) mass is 716 g/mol. The van der Waals surface area contributed by atoms with Crippen molar-refractivity contribution in [3.05, 3.63) is 70.2 Å². The lowest BCUT2D eigenvalue weighted by Gasteiger charge is -2.21. The van der Waals surface area contributed by atoms with Gasteiger partial charge in [-0.05, 0) is 26.9 Å². The Morgan fingerprint density at radius 2 is 1.10 bits per heavy atom. The Bertz CT molecular complexity index is 1760. The number of hydrogen-bond donors (Lipinski definition) is 4. The minimum absolute atomic E-state index is 0.106. The van der Waals surface area contributed by atoms with Gasteiger partial charge in [-0.3, -0.25) is 29.4 Å². The van der Waals surface area contributed by atoms with E-state index >= 15 is 0 Å². The number of nitrogens with one attached hydrogen (secondary N) is 4. The van der Waals surface area contributed by atoms with E-state index in [0.717, 1.165) is 59.6 Å². The summed E-state index contributed by atoms with van der Waals surface area (Å²) in [5.74, 6) is 1.53. The first kappa shape index (κ1) is 35.5. The number of aromatic nitrogens is 4. The molecule has 4 heterocycles. The summed E-state index contributed by atoms with van der Waals surface area (Å²) >= 11 is 14.2. The van der Waals surface area contributed by atoms with Crippen LogP contribution in [0.5, 0.6) is 0 Å². The van der Waals surface area contributed by atoms with Crippen LogP contribution in [0.4, 0.5) is 11.6 Å². The van der Waals surface area contributed by atoms with E-state index in [1.165, 1.54) is 0 Å². The van der Waals surface area contributed by atoms with Gasteiger partial charge in [0.15, 0.2) is 0 Å². The molecule has 50 heavy (non-hydrogen) atoms. The fraction of sp³-hybridized carbons (Fsp3) is 0.389. The third kappa shape index (κ3) is 7.99. The number of rotatable bonds is 13. The number of carbonyl (C=O) groups is 2. The zero-order chi connectivity index (χ0) is 35.4. The second-order valence-corrected chi connectivity index (χ2v) is 13.7. The summed E-state index contributed by atoms with van der Waals surface area (Å²) in [5.41, 5.74) is 5.82. The third-order valence-electron chi connectivity index (χ3n) is 9.08. The van der Waals surface area contributed by atoms with Gasteiger partial charge < -0.3 is 21.3 Å². The van der Waals surface area contributed by atoms with E-state index in [0.29, 0.717) is 59.0 Å². The van der Waals surface area contributed by atoms with Crippen LogP contribution in [0.2, 0.25) is 10.0 Å². The summed E-state index contributed by atoms with van der Waals surface area (Å²) in [5, 5.41) is 13.4. The van der Waals surface area contributed by atoms with Crippen LogP contribution in [0.3, 0.4) is 0 Å². The van der Waals surface area contributed by atoms with Crippen LogP contribution < -0.4 is 21.3 Å². The lowest BCUT2D eigenvalue weighted by molar-refractivity contribution is -0.120. The van der Waals surface area contributed by atoms with Crippen LogP contribution in [0.15, 0.2) is 48.8 Å². The average molecular weight is 718 g/mol. The van der Waals surface area contributed by atoms with Crippen molar-refractivity contribution in [2.75, 3.05) is 51.9 Å². The molecule has 0 spiro atoms. The first-order valence-electron chi connectivity index (χ1n) is 16.7. The number of halogens is 2. The van der Waals surface area contributed by atoms with E-state index in [4.69, 9.17) is 43.1 Å². The molecule has 0 radical (unpaired) electrons. The Hall–Kier alpha value is -4.36. The Kier molecular flexibility index (Phi) is 11.1. The largest absolute Gasteiger partial charge is 0.372 e. The molecule has 2 amide bonds. The number of likely N-dealkylation sites (N-methyl/N-ethyl adjacent to an activating group) is 2. The number of anilines is 2. The fourth-order valence-electron chi connectivity index (χ4n) is 6.62. The van der Waals surface area contributed by atoms with E-state index in [1.54, 1.807) is 12.4 Å². The smallest absolute Gasteiger partial charge is 0.220 e. The molecule has 2 saturated heterocycles. The Balaban J connectivity index is 1.22. The van der Waals surface area contributed by atoms with Gasteiger partial charge in [0.1, 0.15) is 11.6 Å². The molecule has 0 unspecified atom stereocenters. The van der Waals surface area contributed by atoms with Gasteiger partial charge in [0.05, 0.1) is 45.2 Å². The Labute approximate surface area is 302 Å². The second-order valence-electron chi connectivity index (χ2n) is 12.9. The minimum atomic E-state index is 0.106. The van der Waals surface area contributed by atoms with Gasteiger partial charge in [0.2, 0.25) is 11.8 Å². The summed E-state index contributed by atoms with van der Waals surface area (Å²) in [7, 11) is 7.66. The van der Waals surface area contributed by atoms with Crippen molar-refractivity contribution in [2.45, 2.75) is 50.9 Å². The van der Waals surface area contributed by atoms with Crippen LogP contribution in [0, 0.1) is 0 Å². The summed E-state index contributed by atoms with van der Waals surface area (Å²) in [4.78, 5) is 46.8. The predicted octanol–water partition coefficient (Wildman–Crippen LogP) is 5.08. The Morgan fingerprint density at radius 3 is 1.46 bits per heavy atom. The van der Waals surface area contributed by atoms with Gasteiger partial charge in [0, 0.05) is 87.5 Å². The van der Waals surface area contributed by atoms with E-state index in [1.807, 2.05) is 64.6 Å². The quantitative estimate of drug-likeness (QED) is 0.148. The molecule has 4 aromatic rings. The van der Waals surface area contributed by atoms with Gasteiger partial charge in [-0.25, -0.2) is 9.97 Å². The van der Waals surface area contributed by atoms with Crippen molar-refractivity contribution in [1.82, 2.24) is 40.4 Å². The zero-order valence-corrected chi connectivity index (χ0v) is 30.2. The van der Waals surface area contributed by atoms with Crippen molar-refractivity contribution < 1.29 is 9.59 Å². The van der Waals surface area contributed by atoms with Gasteiger partial charge >= 0.3 is 0 Å². The SMILES string of the molecule is CNc1nc(-c2cccc(-c3cccc(-c4cnc(CN(C)C[C@@H]5CCC(=O)N5)c(NC)n4)c3Cl)c2Cl)cnc1CN(C)C[C@@H]1CCC(=O)N1. The lowest BCUT2D eigenvalue weighted by Crippen LogP contribution is -2.36. The van der Waals surface area contributed by atoms with Crippen LogP contribution >= 0.6 is 23.2 Å². The molecule has 2 aromatic carbocycles. The van der Waals surface area contributed by atoms with E-state index < -0.39 is 0 Å². The molecule has 262 valence electrons. The number of nitrogens with zero attached hydrogens (tertiary/aromatic N) is 6. The molecule has 12 nitrogen and oxygen atoms in total. The highest BCUT2D eigenvalue weighted by atomic mass is 35.5. The van der Waals surface area contributed by atoms with Crippen molar-refractivity contribution >= 4 is 46.7 Å². The standard InChI is InChI=1S/C36H42Cl2N10O2/c1-39-35-29(19-47(3)17-21-11-13-31(49)43-21)41-15-27(45-35)25-9-5-7-23(33(25)37)24-8-6-10-26(34(24)38)28-16-42-30(36(40-2)46-28)20-48(4)18-22-12-14-32(50)44-22/h5-10,15-16,21-22H,11-14,17-20H2,1-4H3,(H,39,45)(H,40,46)(H,43,49)(H,44,50)/t21-,22-/m0/s1. The van der Waals surface area contributed by atoms with Crippen LogP contribution in [-0.4, -0.2) is 94.9 Å². The maximum Gasteiger partial charge on any atom is 0.220 e. The van der Waals surface area contributed by atoms with Crippen molar-refractivity contribution in [3.63, 3.8) is 0 Å². The maximum absolute atomic E-state index is 11.6. The molecule has 2 atom stereocenters. The first-order chi connectivity index (χ1) is 24.1. The number of benzene rings is 2. The normalized spacial score (nSPS) is 17.4. The molecular weight excluding hydrogens is 675 g/mol. The molecule has 0 saturated carbocycles. The van der Waals surface area contributed by atoms with Gasteiger partial charge in [-0.15, -0.1) is 0 Å². The lowest BCUT2D eigenvalue weighted by atomic mass is 9.98. The molecule has 2 fully saturated rings. The number of hydrogen-bond acceptors (Lipinski definition) is 10. The van der Waals surface area contributed by atoms with E-state index in [2.05, 4.69) is 31.1 Å². The van der Waals surface area contributed by atoms with Gasteiger partial charge in [-0.2, -0.15) is 0 Å². The van der Waals surface area contributed by atoms with Crippen LogP contribution in [0.25, 0.3) is 33.6 Å². The third-order valence-corrected chi connectivity index (χ3v) is 9.90. The predicted molar refractivity (Wildman–Crippen MR) is 198 cm³/mol. The molecule has 2 aromatic heterocycles. The van der Waals surface area contributed by atoms with Crippen LogP contribution in [0.1, 0.15) is 37.1 Å². The summed E-state index contributed by atoms with van der Waals surface area (Å²) in [6.07, 6.45) is 6.31. The van der Waals surface area contributed by atoms with Crippen molar-refractivity contribution in [1.29, 1.82) is 0 Å². The molecule has 0 bridgehead atoms. The number of amides is 2. The topological polar surface area (TPSA) is 140 Å². The Morgan fingerprint density at radius 1 is 0.700 bits per heavy atom. The zero-order valence-electron chi connectivity index (χ0n) is 28.7.